The fourth-order valence-electron chi connectivity index (χ4n) is 3.83. The van der Waals surface area contributed by atoms with E-state index in [9.17, 15) is 9.59 Å². The lowest BCUT2D eigenvalue weighted by Gasteiger charge is -2.36. The molecule has 6 nitrogen and oxygen atoms in total. The molecule has 146 valence electrons. The van der Waals surface area contributed by atoms with Crippen LogP contribution in [0.2, 0.25) is 0 Å². The Hall–Kier alpha value is -2.70. The van der Waals surface area contributed by atoms with E-state index >= 15 is 0 Å². The largest absolute Gasteiger partial charge is 0.497 e. The van der Waals surface area contributed by atoms with Crippen LogP contribution in [0.15, 0.2) is 42.5 Å². The maximum atomic E-state index is 12.4. The Kier molecular flexibility index (Phi) is 5.15. The molecule has 2 aromatic carbocycles. The average molecular weight is 379 g/mol. The third-order valence-electron chi connectivity index (χ3n) is 5.50. The monoisotopic (exact) mass is 379 g/mol. The van der Waals surface area contributed by atoms with Gasteiger partial charge in [0.05, 0.1) is 25.0 Å². The number of rotatable bonds is 5. The highest BCUT2D eigenvalue weighted by Gasteiger charge is 2.36. The molecule has 0 atom stereocenters. The lowest BCUT2D eigenvalue weighted by Crippen LogP contribution is -2.50. The Labute approximate surface area is 165 Å². The highest BCUT2D eigenvalue weighted by atomic mass is 16.5. The summed E-state index contributed by atoms with van der Waals surface area (Å²) in [5.41, 5.74) is 3.53. The number of nitrogens with zero attached hydrogens (tertiary/aromatic N) is 3. The van der Waals surface area contributed by atoms with Gasteiger partial charge in [-0.2, -0.15) is 0 Å². The molecule has 4 rings (SSSR count). The summed E-state index contributed by atoms with van der Waals surface area (Å²) in [5, 5.41) is 0. The van der Waals surface area contributed by atoms with Gasteiger partial charge in [0.1, 0.15) is 5.75 Å². The minimum atomic E-state index is -0.415. The Morgan fingerprint density at radius 3 is 2.29 bits per heavy atom. The first-order valence-electron chi connectivity index (χ1n) is 9.59. The van der Waals surface area contributed by atoms with E-state index in [0.29, 0.717) is 12.2 Å². The number of methoxy groups -OCH3 is 1. The number of ether oxygens (including phenoxy) is 1. The number of aryl methyl sites for hydroxylation is 1. The first-order chi connectivity index (χ1) is 13.5. The number of piperazine rings is 1. The summed E-state index contributed by atoms with van der Waals surface area (Å²) in [6, 6.07) is 13.8. The lowest BCUT2D eigenvalue weighted by molar-refractivity contribution is -0.114. The Morgan fingerprint density at radius 1 is 0.929 bits per heavy atom. The minimum Gasteiger partial charge on any atom is -0.497 e. The van der Waals surface area contributed by atoms with Gasteiger partial charge in [-0.1, -0.05) is 23.8 Å². The zero-order chi connectivity index (χ0) is 19.7. The summed E-state index contributed by atoms with van der Waals surface area (Å²) >= 11 is 0. The van der Waals surface area contributed by atoms with Crippen LogP contribution in [0.3, 0.4) is 0 Å². The predicted octanol–water partition coefficient (Wildman–Crippen LogP) is 2.31. The average Bonchev–Trinajstić information content (AvgIpc) is 2.94. The second kappa shape index (κ2) is 7.73. The molecule has 0 aromatic heterocycles. The van der Waals surface area contributed by atoms with Crippen molar-refractivity contribution in [1.29, 1.82) is 0 Å². The number of hydrogen-bond donors (Lipinski definition) is 0. The number of carbonyl (C=O) groups excluding carboxylic acids is 2. The molecular weight excluding hydrogens is 354 g/mol. The summed E-state index contributed by atoms with van der Waals surface area (Å²) in [7, 11) is 1.67. The molecule has 28 heavy (non-hydrogen) atoms. The molecule has 2 aromatic rings. The van der Waals surface area contributed by atoms with Gasteiger partial charge in [0.25, 0.3) is 5.78 Å². The van der Waals surface area contributed by atoms with Crippen molar-refractivity contribution in [1.82, 2.24) is 9.80 Å². The van der Waals surface area contributed by atoms with Gasteiger partial charge in [-0.25, -0.2) is 0 Å². The van der Waals surface area contributed by atoms with Crippen LogP contribution < -0.4 is 9.64 Å². The van der Waals surface area contributed by atoms with Crippen LogP contribution in [0.25, 0.3) is 0 Å². The molecule has 0 spiro atoms. The SMILES string of the molecule is COc1ccc(CN2CCN(CN3C(=O)C(=O)c4cc(C)ccc43)CC2)cc1. The number of Topliss-reactive ketones (excluding diaryl/α,β-unsaturated/α-hetero) is 1. The summed E-state index contributed by atoms with van der Waals surface area (Å²) in [6.45, 7) is 6.91. The number of hydrogen-bond acceptors (Lipinski definition) is 5. The second-order valence-corrected chi connectivity index (χ2v) is 7.47. The quantitative estimate of drug-likeness (QED) is 0.747. The third-order valence-corrected chi connectivity index (χ3v) is 5.50. The first kappa shape index (κ1) is 18.7. The van der Waals surface area contributed by atoms with Crippen LogP contribution in [0, 0.1) is 6.92 Å². The standard InChI is InChI=1S/C22H25N3O3/c1-16-3-8-20-19(13-16)21(26)22(27)25(20)15-24-11-9-23(10-12-24)14-17-4-6-18(28-2)7-5-17/h3-8,13H,9-12,14-15H2,1-2H3. The maximum absolute atomic E-state index is 12.4. The number of benzene rings is 2. The molecule has 0 bridgehead atoms. The summed E-state index contributed by atoms with van der Waals surface area (Å²) in [6.07, 6.45) is 0. The van der Waals surface area contributed by atoms with Crippen LogP contribution in [0.1, 0.15) is 21.5 Å². The molecule has 0 unspecified atom stereocenters. The molecule has 0 radical (unpaired) electrons. The van der Waals surface area contributed by atoms with Crippen LogP contribution >= 0.6 is 0 Å². The molecule has 6 heteroatoms. The first-order valence-corrected chi connectivity index (χ1v) is 9.59. The van der Waals surface area contributed by atoms with Crippen molar-refractivity contribution in [3.8, 4) is 5.75 Å². The van der Waals surface area contributed by atoms with Crippen molar-refractivity contribution in [2.24, 2.45) is 0 Å². The molecule has 1 fully saturated rings. The molecular formula is C22H25N3O3. The van der Waals surface area contributed by atoms with E-state index < -0.39 is 11.7 Å². The summed E-state index contributed by atoms with van der Waals surface area (Å²) in [5.74, 6) is 0.0620. The zero-order valence-electron chi connectivity index (χ0n) is 16.4. The van der Waals surface area contributed by atoms with E-state index in [1.165, 1.54) is 5.56 Å². The molecule has 1 saturated heterocycles. The minimum absolute atomic E-state index is 0.392. The predicted molar refractivity (Wildman–Crippen MR) is 108 cm³/mol. The molecule has 0 aliphatic carbocycles. The maximum Gasteiger partial charge on any atom is 0.300 e. The van der Waals surface area contributed by atoms with Gasteiger partial charge in [0, 0.05) is 32.7 Å². The normalized spacial score (nSPS) is 17.9. The van der Waals surface area contributed by atoms with Crippen molar-refractivity contribution >= 4 is 17.4 Å². The third kappa shape index (κ3) is 3.66. The van der Waals surface area contributed by atoms with Crippen molar-refractivity contribution in [3.63, 3.8) is 0 Å². The topological polar surface area (TPSA) is 53.1 Å². The summed E-state index contributed by atoms with van der Waals surface area (Å²) in [4.78, 5) is 31.0. The zero-order valence-corrected chi connectivity index (χ0v) is 16.4. The number of carbonyl (C=O) groups is 2. The lowest BCUT2D eigenvalue weighted by atomic mass is 10.1. The van der Waals surface area contributed by atoms with Crippen molar-refractivity contribution in [2.75, 3.05) is 44.9 Å². The molecule has 0 saturated carbocycles. The van der Waals surface area contributed by atoms with Gasteiger partial charge < -0.3 is 4.74 Å². The smallest absolute Gasteiger partial charge is 0.300 e. The van der Waals surface area contributed by atoms with Crippen molar-refractivity contribution in [2.45, 2.75) is 13.5 Å². The second-order valence-electron chi connectivity index (χ2n) is 7.47. The highest BCUT2D eigenvalue weighted by molar-refractivity contribution is 6.52. The van der Waals surface area contributed by atoms with E-state index in [-0.39, 0.29) is 0 Å². The van der Waals surface area contributed by atoms with Gasteiger partial charge in [-0.3, -0.25) is 24.3 Å². The van der Waals surface area contributed by atoms with Crippen LogP contribution in [-0.4, -0.2) is 61.4 Å². The molecule has 2 aliphatic rings. The molecule has 0 N–H and O–H groups in total. The number of anilines is 1. The van der Waals surface area contributed by atoms with E-state index in [1.54, 1.807) is 12.0 Å². The van der Waals surface area contributed by atoms with E-state index in [1.807, 2.05) is 37.3 Å². The van der Waals surface area contributed by atoms with Gasteiger partial charge in [-0.05, 0) is 36.8 Å². The van der Waals surface area contributed by atoms with Crippen molar-refractivity contribution in [3.05, 3.63) is 59.2 Å². The molecule has 1 amide bonds. The Morgan fingerprint density at radius 2 is 1.61 bits per heavy atom. The molecule has 2 heterocycles. The van der Waals surface area contributed by atoms with Crippen LogP contribution in [0.4, 0.5) is 5.69 Å². The van der Waals surface area contributed by atoms with Gasteiger partial charge in [-0.15, -0.1) is 0 Å². The van der Waals surface area contributed by atoms with Gasteiger partial charge in [0.2, 0.25) is 0 Å². The van der Waals surface area contributed by atoms with Crippen molar-refractivity contribution < 1.29 is 14.3 Å². The van der Waals surface area contributed by atoms with E-state index in [0.717, 1.165) is 49.7 Å². The molecule has 2 aliphatic heterocycles. The Balaban J connectivity index is 1.34. The van der Waals surface area contributed by atoms with E-state index in [4.69, 9.17) is 4.74 Å². The Bertz CT molecular complexity index is 886. The van der Waals surface area contributed by atoms with Crippen LogP contribution in [-0.2, 0) is 11.3 Å². The number of ketones is 1. The van der Waals surface area contributed by atoms with Gasteiger partial charge in [0.15, 0.2) is 0 Å². The van der Waals surface area contributed by atoms with Crippen LogP contribution in [0.5, 0.6) is 5.75 Å². The summed E-state index contributed by atoms with van der Waals surface area (Å²) < 4.78 is 5.21. The fourth-order valence-corrected chi connectivity index (χ4v) is 3.83. The van der Waals surface area contributed by atoms with Gasteiger partial charge >= 0.3 is 5.91 Å². The highest BCUT2D eigenvalue weighted by Crippen LogP contribution is 2.30. The number of amides is 1. The number of fused-ring (bicyclic) bond motifs is 1. The van der Waals surface area contributed by atoms with E-state index in [2.05, 4.69) is 21.9 Å². The fraction of sp³-hybridized carbons (Fsp3) is 0.364.